The van der Waals surface area contributed by atoms with Crippen LogP contribution in [0.15, 0.2) is 0 Å². The van der Waals surface area contributed by atoms with Gasteiger partial charge in [-0.25, -0.2) is 9.13 Å². The van der Waals surface area contributed by atoms with Crippen LogP contribution >= 0.6 is 15.6 Å². The molecule has 17 nitrogen and oxygen atoms in total. The summed E-state index contributed by atoms with van der Waals surface area (Å²) in [6, 6.07) is 0. The number of hydrogen-bond donors (Lipinski definition) is 3. The summed E-state index contributed by atoms with van der Waals surface area (Å²) in [4.78, 5) is 72.4. The van der Waals surface area contributed by atoms with Crippen LogP contribution < -0.4 is 0 Å². The van der Waals surface area contributed by atoms with Gasteiger partial charge >= 0.3 is 39.5 Å². The number of unbranched alkanes of at least 4 members (excludes halogenated alkanes) is 29. The van der Waals surface area contributed by atoms with Crippen LogP contribution in [0.1, 0.15) is 331 Å². The van der Waals surface area contributed by atoms with Gasteiger partial charge in [-0.05, 0) is 49.4 Å². The van der Waals surface area contributed by atoms with Crippen LogP contribution in [-0.4, -0.2) is 96.7 Å². The summed E-state index contributed by atoms with van der Waals surface area (Å²) in [6.45, 7) is 14.0. The minimum absolute atomic E-state index is 0.102. The summed E-state index contributed by atoms with van der Waals surface area (Å²) in [5.41, 5.74) is 0. The van der Waals surface area contributed by atoms with Crippen molar-refractivity contribution in [2.75, 3.05) is 39.6 Å². The topological polar surface area (TPSA) is 237 Å². The lowest BCUT2D eigenvalue weighted by Gasteiger charge is -2.21. The Labute approximate surface area is 530 Å². The van der Waals surface area contributed by atoms with Gasteiger partial charge in [0.15, 0.2) is 12.2 Å². The van der Waals surface area contributed by atoms with Crippen molar-refractivity contribution in [1.29, 1.82) is 0 Å². The first kappa shape index (κ1) is 85.1. The van der Waals surface area contributed by atoms with Gasteiger partial charge in [0.05, 0.1) is 26.4 Å². The molecule has 0 aromatic carbocycles. The fraction of sp³-hybridized carbons (Fsp3) is 0.941. The number of aliphatic hydroxyl groups excluding tert-OH is 1. The molecule has 0 aliphatic carbocycles. The van der Waals surface area contributed by atoms with Gasteiger partial charge in [-0.2, -0.15) is 0 Å². The minimum Gasteiger partial charge on any atom is -0.462 e. The zero-order valence-electron chi connectivity index (χ0n) is 56.6. The summed E-state index contributed by atoms with van der Waals surface area (Å²) >= 11 is 0. The average molecular weight is 1280 g/mol. The Morgan fingerprint density at radius 3 is 0.816 bits per heavy atom. The molecule has 0 aromatic rings. The molecule has 516 valence electrons. The molecule has 0 heterocycles. The molecule has 0 rings (SSSR count). The molecule has 4 unspecified atom stereocenters. The molecule has 0 amide bonds. The number of rotatable bonds is 65. The Hall–Kier alpha value is -1.94. The number of carbonyl (C=O) groups is 4. The maximum atomic E-state index is 13.0. The predicted molar refractivity (Wildman–Crippen MR) is 349 cm³/mol. The Morgan fingerprint density at radius 1 is 0.322 bits per heavy atom. The summed E-state index contributed by atoms with van der Waals surface area (Å²) in [7, 11) is -9.90. The largest absolute Gasteiger partial charge is 0.472 e. The van der Waals surface area contributed by atoms with Crippen molar-refractivity contribution < 1.29 is 80.2 Å². The van der Waals surface area contributed by atoms with Gasteiger partial charge in [-0.3, -0.25) is 37.3 Å². The fourth-order valence-corrected chi connectivity index (χ4v) is 11.7. The molecular formula is C68H132O17P2. The quantitative estimate of drug-likeness (QED) is 0.0222. The van der Waals surface area contributed by atoms with Crippen LogP contribution in [0.2, 0.25) is 0 Å². The van der Waals surface area contributed by atoms with E-state index in [9.17, 15) is 43.2 Å². The first-order valence-corrected chi connectivity index (χ1v) is 38.3. The van der Waals surface area contributed by atoms with E-state index in [1.54, 1.807) is 0 Å². The Balaban J connectivity index is 5.24. The predicted octanol–water partition coefficient (Wildman–Crippen LogP) is 18.9. The Bertz CT molecular complexity index is 1730. The van der Waals surface area contributed by atoms with E-state index in [1.807, 2.05) is 0 Å². The van der Waals surface area contributed by atoms with Crippen LogP contribution in [0.5, 0.6) is 0 Å². The molecule has 0 saturated carbocycles. The smallest absolute Gasteiger partial charge is 0.462 e. The van der Waals surface area contributed by atoms with Crippen molar-refractivity contribution in [3.8, 4) is 0 Å². The summed E-state index contributed by atoms with van der Waals surface area (Å²) < 4.78 is 68.2. The van der Waals surface area contributed by atoms with Gasteiger partial charge in [0.25, 0.3) is 0 Å². The highest BCUT2D eigenvalue weighted by Crippen LogP contribution is 2.45. The molecule has 0 saturated heterocycles. The summed E-state index contributed by atoms with van der Waals surface area (Å²) in [5.74, 6) is 0.833. The summed E-state index contributed by atoms with van der Waals surface area (Å²) in [5, 5.41) is 10.6. The van der Waals surface area contributed by atoms with E-state index in [1.165, 1.54) is 128 Å². The number of phosphoric ester groups is 2. The molecule has 7 atom stereocenters. The van der Waals surface area contributed by atoms with Crippen molar-refractivity contribution in [2.45, 2.75) is 350 Å². The number of carbonyl (C=O) groups excluding carboxylic acids is 4. The second kappa shape index (κ2) is 57.9. The monoisotopic (exact) mass is 1280 g/mol. The molecule has 0 aliphatic heterocycles. The molecule has 0 aromatic heterocycles. The van der Waals surface area contributed by atoms with Crippen molar-refractivity contribution in [3.63, 3.8) is 0 Å². The van der Waals surface area contributed by atoms with Crippen LogP contribution in [-0.2, 0) is 65.4 Å². The van der Waals surface area contributed by atoms with Crippen molar-refractivity contribution in [3.05, 3.63) is 0 Å². The van der Waals surface area contributed by atoms with Crippen molar-refractivity contribution in [1.82, 2.24) is 0 Å². The van der Waals surface area contributed by atoms with Crippen LogP contribution in [0.3, 0.4) is 0 Å². The van der Waals surface area contributed by atoms with Gasteiger partial charge in [0.2, 0.25) is 0 Å². The normalized spacial score (nSPS) is 15.0. The van der Waals surface area contributed by atoms with Gasteiger partial charge in [-0.15, -0.1) is 0 Å². The zero-order valence-corrected chi connectivity index (χ0v) is 58.4. The zero-order chi connectivity index (χ0) is 64.7. The van der Waals surface area contributed by atoms with E-state index in [0.29, 0.717) is 25.7 Å². The van der Waals surface area contributed by atoms with Crippen LogP contribution in [0.25, 0.3) is 0 Å². The maximum Gasteiger partial charge on any atom is 0.472 e. The maximum absolute atomic E-state index is 13.0. The molecule has 0 bridgehead atoms. The lowest BCUT2D eigenvalue weighted by atomic mass is 10.00. The number of esters is 4. The number of ether oxygens (including phenoxy) is 4. The molecule has 3 N–H and O–H groups in total. The number of hydrogen-bond acceptors (Lipinski definition) is 15. The minimum atomic E-state index is -4.95. The SMILES string of the molecule is CCC(C)CCCCCCCCC(=O)OC[C@H](COP(=O)(O)OC[C@H](O)COP(=O)(O)OC[C@@H](COC(=O)CCCCCCCCCCCCCCC(C)C)OC(=O)CCCCCCCCC(C)CC)OC(=O)CCCCCCCCCCCC(C)C. The van der Waals surface area contributed by atoms with Crippen LogP contribution in [0, 0.1) is 23.7 Å². The van der Waals surface area contributed by atoms with Gasteiger partial charge in [-0.1, -0.05) is 280 Å². The van der Waals surface area contributed by atoms with Crippen LogP contribution in [0.4, 0.5) is 0 Å². The molecule has 0 spiro atoms. The van der Waals surface area contributed by atoms with Gasteiger partial charge in [0, 0.05) is 25.7 Å². The lowest BCUT2D eigenvalue weighted by molar-refractivity contribution is -0.161. The fourth-order valence-electron chi connectivity index (χ4n) is 10.1. The Kier molecular flexibility index (Phi) is 56.6. The van der Waals surface area contributed by atoms with Gasteiger partial charge in [0.1, 0.15) is 19.3 Å². The third-order valence-corrected chi connectivity index (χ3v) is 18.2. The first-order valence-electron chi connectivity index (χ1n) is 35.3. The van der Waals surface area contributed by atoms with Crippen molar-refractivity contribution >= 4 is 39.5 Å². The van der Waals surface area contributed by atoms with E-state index in [-0.39, 0.29) is 25.7 Å². The molecular weight excluding hydrogens is 1150 g/mol. The average Bonchev–Trinajstić information content (AvgIpc) is 3.68. The van der Waals surface area contributed by atoms with E-state index in [2.05, 4.69) is 55.4 Å². The Morgan fingerprint density at radius 2 is 0.552 bits per heavy atom. The number of aliphatic hydroxyl groups is 1. The highest BCUT2D eigenvalue weighted by atomic mass is 31.2. The highest BCUT2D eigenvalue weighted by molar-refractivity contribution is 7.47. The molecule has 0 radical (unpaired) electrons. The van der Waals surface area contributed by atoms with E-state index < -0.39 is 97.5 Å². The molecule has 0 aliphatic rings. The third-order valence-electron chi connectivity index (χ3n) is 16.3. The van der Waals surface area contributed by atoms with E-state index >= 15 is 0 Å². The second-order valence-electron chi connectivity index (χ2n) is 26.0. The standard InChI is InChI=1S/C68H132O17P2/c1-9-60(7)46-38-30-24-26-33-41-49-66(71)79-55-63(84-67(72)50-42-34-23-19-15-17-21-29-37-45-59(5)6)56-82-86(74,75)80-52-62(69)53-81-87(76,77)83-57-64(85-68(73)51-43-35-27-25-31-39-47-61(8)10-2)54-78-65(70)48-40-32-22-18-14-12-11-13-16-20-28-36-44-58(3)4/h58-64,69H,9-57H2,1-8H3,(H,74,75)(H,76,77)/t60?,61?,62-,63+,64+/m0/s1. The number of phosphoric acid groups is 2. The molecule has 87 heavy (non-hydrogen) atoms. The third kappa shape index (κ3) is 60.1. The molecule has 19 heteroatoms. The summed E-state index contributed by atoms with van der Waals surface area (Å²) in [6.07, 6.45) is 39.0. The highest BCUT2D eigenvalue weighted by Gasteiger charge is 2.30. The van der Waals surface area contributed by atoms with E-state index in [4.69, 9.17) is 37.0 Å². The lowest BCUT2D eigenvalue weighted by Crippen LogP contribution is -2.30. The van der Waals surface area contributed by atoms with E-state index in [0.717, 1.165) is 120 Å². The van der Waals surface area contributed by atoms with Crippen molar-refractivity contribution in [2.24, 2.45) is 23.7 Å². The van der Waals surface area contributed by atoms with Gasteiger partial charge < -0.3 is 33.8 Å². The molecule has 0 fully saturated rings. The first-order chi connectivity index (χ1) is 41.7. The second-order valence-corrected chi connectivity index (χ2v) is 28.9.